The van der Waals surface area contributed by atoms with Crippen LogP contribution < -0.4 is 4.72 Å². The quantitative estimate of drug-likeness (QED) is 0.698. The molecule has 4 nitrogen and oxygen atoms in total. The molecule has 1 heterocycles. The van der Waals surface area contributed by atoms with E-state index in [2.05, 4.69) is 15.6 Å². The van der Waals surface area contributed by atoms with Crippen molar-refractivity contribution in [1.82, 2.24) is 4.98 Å². The molecule has 0 fully saturated rings. The maximum atomic E-state index is 12.1. The summed E-state index contributed by atoms with van der Waals surface area (Å²) in [6.45, 7) is 0. The van der Waals surface area contributed by atoms with E-state index in [-0.39, 0.29) is 10.0 Å². The normalized spacial score (nSPS) is 10.7. The molecule has 0 atom stereocenters. The molecule has 0 unspecified atom stereocenters. The Hall–Kier alpha value is -2.03. The summed E-state index contributed by atoms with van der Waals surface area (Å²) in [5, 5.41) is 0.111. The lowest BCUT2D eigenvalue weighted by atomic mass is 10.2. The summed E-state index contributed by atoms with van der Waals surface area (Å²) in [4.78, 5) is 3.77. The molecule has 2 rings (SSSR count). The van der Waals surface area contributed by atoms with E-state index in [1.54, 1.807) is 24.3 Å². The zero-order valence-corrected chi connectivity index (χ0v) is 11.2. The fraction of sp³-hybridized carbons (Fsp3) is 0. The summed E-state index contributed by atoms with van der Waals surface area (Å²) in [5.74, 6) is 2.44. The average molecular weight is 293 g/mol. The van der Waals surface area contributed by atoms with Gasteiger partial charge in [0.25, 0.3) is 10.0 Å². The Bertz CT molecular complexity index is 751. The summed E-state index contributed by atoms with van der Waals surface area (Å²) in [5.41, 5.74) is 0.983. The summed E-state index contributed by atoms with van der Waals surface area (Å²) in [6.07, 6.45) is 6.59. The van der Waals surface area contributed by atoms with Crippen LogP contribution in [0.15, 0.2) is 47.5 Å². The minimum Gasteiger partial charge on any atom is -0.280 e. The van der Waals surface area contributed by atoms with Gasteiger partial charge in [-0.25, -0.2) is 13.4 Å². The summed E-state index contributed by atoms with van der Waals surface area (Å²) in [6, 6.07) is 9.20. The molecule has 1 N–H and O–H groups in total. The number of aromatic nitrogens is 1. The molecule has 96 valence electrons. The van der Waals surface area contributed by atoms with Crippen molar-refractivity contribution in [3.05, 3.63) is 53.3 Å². The third-order valence-electron chi connectivity index (χ3n) is 2.29. The van der Waals surface area contributed by atoms with Crippen molar-refractivity contribution in [3.8, 4) is 12.3 Å². The van der Waals surface area contributed by atoms with Crippen LogP contribution in [-0.2, 0) is 10.0 Å². The molecule has 19 heavy (non-hydrogen) atoms. The number of pyridine rings is 1. The maximum Gasteiger partial charge on any atom is 0.262 e. The largest absolute Gasteiger partial charge is 0.280 e. The molecule has 0 radical (unpaired) electrons. The van der Waals surface area contributed by atoms with Crippen molar-refractivity contribution in [1.29, 1.82) is 0 Å². The Morgan fingerprint density at radius 1 is 1.26 bits per heavy atom. The lowest BCUT2D eigenvalue weighted by Gasteiger charge is -2.08. The molecule has 1 aromatic carbocycles. The van der Waals surface area contributed by atoms with Crippen LogP contribution in [0.5, 0.6) is 0 Å². The number of hydrogen-bond acceptors (Lipinski definition) is 3. The SMILES string of the molecule is C#Cc1cccc(NS(=O)(=O)c2ccnc(Cl)c2)c1. The van der Waals surface area contributed by atoms with Gasteiger partial charge in [0, 0.05) is 11.8 Å². The van der Waals surface area contributed by atoms with E-state index in [1.165, 1.54) is 18.3 Å². The number of sulfonamides is 1. The zero-order valence-electron chi connectivity index (χ0n) is 9.67. The minimum absolute atomic E-state index is 0.0404. The van der Waals surface area contributed by atoms with E-state index in [0.29, 0.717) is 11.3 Å². The molecular formula is C13H9ClN2O2S. The third kappa shape index (κ3) is 3.25. The highest BCUT2D eigenvalue weighted by Crippen LogP contribution is 2.18. The molecule has 0 saturated carbocycles. The predicted molar refractivity (Wildman–Crippen MR) is 74.4 cm³/mol. The summed E-state index contributed by atoms with van der Waals surface area (Å²) < 4.78 is 26.6. The summed E-state index contributed by atoms with van der Waals surface area (Å²) in [7, 11) is -3.70. The van der Waals surface area contributed by atoms with Gasteiger partial charge >= 0.3 is 0 Å². The van der Waals surface area contributed by atoms with Gasteiger partial charge in [0.05, 0.1) is 10.6 Å². The lowest BCUT2D eigenvalue weighted by molar-refractivity contribution is 0.601. The van der Waals surface area contributed by atoms with Crippen LogP contribution >= 0.6 is 11.6 Å². The van der Waals surface area contributed by atoms with E-state index in [0.717, 1.165) is 0 Å². The highest BCUT2D eigenvalue weighted by atomic mass is 35.5. The first-order valence-electron chi connectivity index (χ1n) is 5.22. The van der Waals surface area contributed by atoms with E-state index < -0.39 is 10.0 Å². The Balaban J connectivity index is 2.34. The number of terminal acetylenes is 1. The smallest absolute Gasteiger partial charge is 0.262 e. The molecule has 2 aromatic rings. The fourth-order valence-corrected chi connectivity index (χ4v) is 2.74. The summed E-state index contributed by atoms with van der Waals surface area (Å²) >= 11 is 5.67. The van der Waals surface area contributed by atoms with E-state index in [1.807, 2.05) is 0 Å². The van der Waals surface area contributed by atoms with Crippen LogP contribution in [0.1, 0.15) is 5.56 Å². The number of anilines is 1. The van der Waals surface area contributed by atoms with Gasteiger partial charge in [-0.1, -0.05) is 23.6 Å². The molecular weight excluding hydrogens is 284 g/mol. The van der Waals surface area contributed by atoms with Crippen molar-refractivity contribution in [2.75, 3.05) is 4.72 Å². The average Bonchev–Trinajstić information content (AvgIpc) is 2.38. The third-order valence-corrected chi connectivity index (χ3v) is 3.88. The minimum atomic E-state index is -3.70. The maximum absolute atomic E-state index is 12.1. The van der Waals surface area contributed by atoms with Crippen LogP contribution in [-0.4, -0.2) is 13.4 Å². The fourth-order valence-electron chi connectivity index (χ4n) is 1.44. The molecule has 0 amide bonds. The number of halogens is 1. The Morgan fingerprint density at radius 3 is 2.74 bits per heavy atom. The topological polar surface area (TPSA) is 59.1 Å². The van der Waals surface area contributed by atoms with Crippen molar-refractivity contribution in [2.45, 2.75) is 4.90 Å². The molecule has 0 aliphatic rings. The van der Waals surface area contributed by atoms with Gasteiger partial charge in [0.2, 0.25) is 0 Å². The second-order valence-corrected chi connectivity index (χ2v) is 5.71. The molecule has 0 aliphatic heterocycles. The van der Waals surface area contributed by atoms with Crippen LogP contribution in [0.25, 0.3) is 0 Å². The predicted octanol–water partition coefficient (Wildman–Crippen LogP) is 2.52. The highest BCUT2D eigenvalue weighted by molar-refractivity contribution is 7.92. The highest BCUT2D eigenvalue weighted by Gasteiger charge is 2.14. The van der Waals surface area contributed by atoms with Crippen LogP contribution in [0.4, 0.5) is 5.69 Å². The van der Waals surface area contributed by atoms with Crippen LogP contribution in [0, 0.1) is 12.3 Å². The molecule has 0 saturated heterocycles. The Morgan fingerprint density at radius 2 is 2.05 bits per heavy atom. The number of rotatable bonds is 3. The molecule has 0 spiro atoms. The van der Waals surface area contributed by atoms with Crippen molar-refractivity contribution in [3.63, 3.8) is 0 Å². The van der Waals surface area contributed by atoms with Gasteiger partial charge < -0.3 is 0 Å². The molecule has 0 bridgehead atoms. The monoisotopic (exact) mass is 292 g/mol. The van der Waals surface area contributed by atoms with Gasteiger partial charge in [-0.05, 0) is 30.3 Å². The van der Waals surface area contributed by atoms with Crippen molar-refractivity contribution >= 4 is 27.3 Å². The Labute approximate surface area is 116 Å². The molecule has 0 aliphatic carbocycles. The standard InChI is InChI=1S/C13H9ClN2O2S/c1-2-10-4-3-5-11(8-10)16-19(17,18)12-6-7-15-13(14)9-12/h1,3-9,16H. The molecule has 1 aromatic heterocycles. The van der Waals surface area contributed by atoms with Crippen LogP contribution in [0.2, 0.25) is 5.15 Å². The first kappa shape index (κ1) is 13.4. The second-order valence-electron chi connectivity index (χ2n) is 3.64. The second kappa shape index (κ2) is 5.31. The van der Waals surface area contributed by atoms with Gasteiger partial charge in [0.15, 0.2) is 0 Å². The van der Waals surface area contributed by atoms with Gasteiger partial charge in [-0.2, -0.15) is 0 Å². The first-order chi connectivity index (χ1) is 9.01. The Kier molecular flexibility index (Phi) is 3.74. The van der Waals surface area contributed by atoms with Crippen molar-refractivity contribution in [2.24, 2.45) is 0 Å². The number of nitrogens with one attached hydrogen (secondary N) is 1. The number of benzene rings is 1. The number of nitrogens with zero attached hydrogens (tertiary/aromatic N) is 1. The van der Waals surface area contributed by atoms with Gasteiger partial charge in [-0.15, -0.1) is 6.42 Å². The van der Waals surface area contributed by atoms with Crippen LogP contribution in [0.3, 0.4) is 0 Å². The van der Waals surface area contributed by atoms with E-state index in [9.17, 15) is 8.42 Å². The number of hydrogen-bond donors (Lipinski definition) is 1. The van der Waals surface area contributed by atoms with E-state index in [4.69, 9.17) is 18.0 Å². The molecule has 6 heteroatoms. The first-order valence-corrected chi connectivity index (χ1v) is 7.08. The van der Waals surface area contributed by atoms with Gasteiger partial charge in [-0.3, -0.25) is 4.72 Å². The van der Waals surface area contributed by atoms with E-state index >= 15 is 0 Å². The van der Waals surface area contributed by atoms with Gasteiger partial charge in [0.1, 0.15) is 5.15 Å². The lowest BCUT2D eigenvalue weighted by Crippen LogP contribution is -2.13. The zero-order chi connectivity index (χ0) is 13.9. The van der Waals surface area contributed by atoms with Crippen molar-refractivity contribution < 1.29 is 8.42 Å².